The van der Waals surface area contributed by atoms with E-state index < -0.39 is 11.8 Å². The van der Waals surface area contributed by atoms with Crippen LogP contribution in [0.3, 0.4) is 0 Å². The Morgan fingerprint density at radius 1 is 1.07 bits per heavy atom. The van der Waals surface area contributed by atoms with E-state index in [1.54, 1.807) is 35.1 Å². The number of carbonyl (C=O) groups is 2. The average Bonchev–Trinajstić information content (AvgIpc) is 3.38. The molecule has 0 aliphatic carbocycles. The van der Waals surface area contributed by atoms with Gasteiger partial charge in [-0.2, -0.15) is 5.10 Å². The van der Waals surface area contributed by atoms with Crippen molar-refractivity contribution in [3.8, 4) is 17.3 Å². The summed E-state index contributed by atoms with van der Waals surface area (Å²) in [5, 5.41) is 4.30. The molecule has 0 unspecified atom stereocenters. The number of nitrogens with one attached hydrogen (secondary N) is 2. The Hall–Kier alpha value is -3.88. The summed E-state index contributed by atoms with van der Waals surface area (Å²) in [5.74, 6) is 0.742. The molecular weight excluding hydrogens is 374 g/mol. The van der Waals surface area contributed by atoms with Gasteiger partial charge in [0.25, 0.3) is 11.8 Å². The van der Waals surface area contributed by atoms with E-state index in [9.17, 15) is 9.59 Å². The van der Waals surface area contributed by atoms with Crippen LogP contribution in [-0.4, -0.2) is 33.4 Å². The summed E-state index contributed by atoms with van der Waals surface area (Å²) < 4.78 is 12.1. The van der Waals surface area contributed by atoms with Crippen LogP contribution in [0.1, 0.15) is 46.2 Å². The van der Waals surface area contributed by atoms with E-state index >= 15 is 0 Å². The Bertz CT molecular complexity index is 1060. The van der Waals surface area contributed by atoms with Gasteiger partial charge in [-0.1, -0.05) is 19.9 Å². The number of rotatable bonds is 4. The van der Waals surface area contributed by atoms with Crippen LogP contribution in [0.4, 0.5) is 0 Å². The SMILES string of the molecule is CC(C)c1c(C(=O)NNC(=O)c2ccc3c(c2)OCO3)cnn1-c1ccccn1. The van der Waals surface area contributed by atoms with Crippen molar-refractivity contribution in [2.24, 2.45) is 0 Å². The van der Waals surface area contributed by atoms with Crippen molar-refractivity contribution < 1.29 is 19.1 Å². The van der Waals surface area contributed by atoms with Gasteiger partial charge in [0.2, 0.25) is 6.79 Å². The molecule has 9 nitrogen and oxygen atoms in total. The van der Waals surface area contributed by atoms with Gasteiger partial charge >= 0.3 is 0 Å². The number of aromatic nitrogens is 3. The van der Waals surface area contributed by atoms with Crippen LogP contribution in [0.5, 0.6) is 11.5 Å². The van der Waals surface area contributed by atoms with Crippen molar-refractivity contribution in [3.63, 3.8) is 0 Å². The molecule has 1 aliphatic heterocycles. The van der Waals surface area contributed by atoms with Gasteiger partial charge in [0.15, 0.2) is 17.3 Å². The third-order valence-corrected chi connectivity index (χ3v) is 4.39. The molecule has 0 radical (unpaired) electrons. The molecule has 3 aromatic rings. The minimum Gasteiger partial charge on any atom is -0.454 e. The molecule has 1 aliphatic rings. The second-order valence-electron chi connectivity index (χ2n) is 6.67. The molecule has 148 valence electrons. The number of fused-ring (bicyclic) bond motifs is 1. The maximum Gasteiger partial charge on any atom is 0.273 e. The molecule has 0 fully saturated rings. The number of carbonyl (C=O) groups excluding carboxylic acids is 2. The van der Waals surface area contributed by atoms with E-state index in [2.05, 4.69) is 20.9 Å². The quantitative estimate of drug-likeness (QED) is 0.658. The highest BCUT2D eigenvalue weighted by Gasteiger charge is 2.22. The number of pyridine rings is 1. The van der Waals surface area contributed by atoms with Gasteiger partial charge in [-0.15, -0.1) is 0 Å². The lowest BCUT2D eigenvalue weighted by atomic mass is 10.1. The van der Waals surface area contributed by atoms with Crippen LogP contribution in [-0.2, 0) is 0 Å². The first kappa shape index (κ1) is 18.5. The van der Waals surface area contributed by atoms with Gasteiger partial charge in [-0.05, 0) is 36.2 Å². The summed E-state index contributed by atoms with van der Waals surface area (Å²) in [6.45, 7) is 4.03. The number of hydrogen-bond acceptors (Lipinski definition) is 6. The number of hydrazine groups is 1. The van der Waals surface area contributed by atoms with E-state index in [4.69, 9.17) is 9.47 Å². The fourth-order valence-corrected chi connectivity index (χ4v) is 3.04. The average molecular weight is 393 g/mol. The Morgan fingerprint density at radius 2 is 1.86 bits per heavy atom. The second kappa shape index (κ2) is 7.63. The highest BCUT2D eigenvalue weighted by molar-refractivity contribution is 6.00. The number of benzene rings is 1. The highest BCUT2D eigenvalue weighted by Crippen LogP contribution is 2.32. The Labute approximate surface area is 166 Å². The molecule has 0 spiro atoms. The van der Waals surface area contributed by atoms with E-state index in [1.165, 1.54) is 6.20 Å². The minimum atomic E-state index is -0.472. The van der Waals surface area contributed by atoms with Crippen LogP contribution in [0.2, 0.25) is 0 Å². The number of ether oxygens (including phenoxy) is 2. The summed E-state index contributed by atoms with van der Waals surface area (Å²) in [6, 6.07) is 10.3. The van der Waals surface area contributed by atoms with Crippen LogP contribution in [0, 0.1) is 0 Å². The van der Waals surface area contributed by atoms with Crippen LogP contribution in [0.15, 0.2) is 48.8 Å². The Morgan fingerprint density at radius 3 is 2.62 bits per heavy atom. The molecule has 2 amide bonds. The summed E-state index contributed by atoms with van der Waals surface area (Å²) in [6.07, 6.45) is 3.12. The van der Waals surface area contributed by atoms with Crippen LogP contribution < -0.4 is 20.3 Å². The second-order valence-corrected chi connectivity index (χ2v) is 6.67. The van der Waals surface area contributed by atoms with Crippen LogP contribution in [0.25, 0.3) is 5.82 Å². The fourth-order valence-electron chi connectivity index (χ4n) is 3.04. The van der Waals surface area contributed by atoms with Crippen molar-refractivity contribution in [2.75, 3.05) is 6.79 Å². The zero-order valence-electron chi connectivity index (χ0n) is 15.9. The normalized spacial score (nSPS) is 12.1. The molecule has 4 rings (SSSR count). The summed E-state index contributed by atoms with van der Waals surface area (Å²) in [4.78, 5) is 29.4. The molecule has 0 atom stereocenters. The molecule has 3 heterocycles. The molecule has 2 N–H and O–H groups in total. The Kier molecular flexibility index (Phi) is 4.86. The van der Waals surface area contributed by atoms with Crippen molar-refractivity contribution in [1.82, 2.24) is 25.6 Å². The van der Waals surface area contributed by atoms with Gasteiger partial charge in [0.05, 0.1) is 17.5 Å². The largest absolute Gasteiger partial charge is 0.454 e. The van der Waals surface area contributed by atoms with Crippen molar-refractivity contribution >= 4 is 11.8 Å². The van der Waals surface area contributed by atoms with Gasteiger partial charge < -0.3 is 9.47 Å². The predicted molar refractivity (Wildman–Crippen MR) is 103 cm³/mol. The topological polar surface area (TPSA) is 107 Å². The highest BCUT2D eigenvalue weighted by atomic mass is 16.7. The number of hydrogen-bond donors (Lipinski definition) is 2. The maximum absolute atomic E-state index is 12.7. The van der Waals surface area contributed by atoms with E-state index in [1.807, 2.05) is 26.0 Å². The van der Waals surface area contributed by atoms with Gasteiger partial charge in [0, 0.05) is 11.8 Å². The molecule has 0 saturated carbocycles. The first-order chi connectivity index (χ1) is 14.0. The zero-order chi connectivity index (χ0) is 20.4. The lowest BCUT2D eigenvalue weighted by Gasteiger charge is -2.12. The monoisotopic (exact) mass is 393 g/mol. The molecule has 1 aromatic carbocycles. The number of amides is 2. The van der Waals surface area contributed by atoms with E-state index in [-0.39, 0.29) is 12.7 Å². The van der Waals surface area contributed by atoms with Crippen LogP contribution >= 0.6 is 0 Å². The maximum atomic E-state index is 12.7. The molecular formula is C20H19N5O4. The third-order valence-electron chi connectivity index (χ3n) is 4.39. The smallest absolute Gasteiger partial charge is 0.273 e. The molecule has 29 heavy (non-hydrogen) atoms. The predicted octanol–water partition coefficient (Wildman–Crippen LogP) is 2.19. The summed E-state index contributed by atoms with van der Waals surface area (Å²) in [7, 11) is 0. The van der Waals surface area contributed by atoms with Gasteiger partial charge in [0.1, 0.15) is 0 Å². The van der Waals surface area contributed by atoms with Crippen molar-refractivity contribution in [1.29, 1.82) is 0 Å². The molecule has 2 aromatic heterocycles. The standard InChI is InChI=1S/C20H19N5O4/c1-12(2)18-14(10-22-25(18)17-5-3-4-8-21-17)20(27)24-23-19(26)13-6-7-15-16(9-13)29-11-28-15/h3-10,12H,11H2,1-2H3,(H,23,26)(H,24,27). The zero-order valence-corrected chi connectivity index (χ0v) is 15.9. The minimum absolute atomic E-state index is 0.00446. The molecule has 0 saturated heterocycles. The summed E-state index contributed by atoms with van der Waals surface area (Å²) in [5.41, 5.74) is 6.24. The first-order valence-electron chi connectivity index (χ1n) is 9.04. The number of nitrogens with zero attached hydrogens (tertiary/aromatic N) is 3. The van der Waals surface area contributed by atoms with E-state index in [0.717, 1.165) is 0 Å². The Balaban J connectivity index is 1.50. The van der Waals surface area contributed by atoms with Crippen molar-refractivity contribution in [3.05, 3.63) is 65.6 Å². The summed E-state index contributed by atoms with van der Waals surface area (Å²) >= 11 is 0. The lowest BCUT2D eigenvalue weighted by Crippen LogP contribution is -2.41. The molecule has 0 bridgehead atoms. The fraction of sp³-hybridized carbons (Fsp3) is 0.200. The lowest BCUT2D eigenvalue weighted by molar-refractivity contribution is 0.0846. The third kappa shape index (κ3) is 3.62. The first-order valence-corrected chi connectivity index (χ1v) is 9.04. The van der Waals surface area contributed by atoms with Crippen molar-refractivity contribution in [2.45, 2.75) is 19.8 Å². The molecule has 9 heteroatoms. The van der Waals surface area contributed by atoms with Gasteiger partial charge in [-0.3, -0.25) is 20.4 Å². The van der Waals surface area contributed by atoms with Gasteiger partial charge in [-0.25, -0.2) is 9.67 Å². The van der Waals surface area contributed by atoms with E-state index in [0.29, 0.717) is 34.1 Å².